The van der Waals surface area contributed by atoms with Gasteiger partial charge in [-0.2, -0.15) is 0 Å². The Morgan fingerprint density at radius 3 is 2.32 bits per heavy atom. The van der Waals surface area contributed by atoms with Crippen molar-refractivity contribution in [1.82, 2.24) is 4.90 Å². The number of piperidine rings is 1. The molecule has 148 valence electrons. The smallest absolute Gasteiger partial charge is 0.223 e. The molecule has 2 aromatic carbocycles. The van der Waals surface area contributed by atoms with E-state index >= 15 is 0 Å². The number of benzene rings is 2. The number of amides is 1. The van der Waals surface area contributed by atoms with Gasteiger partial charge in [-0.3, -0.25) is 4.79 Å². The Hall–Kier alpha value is -1.72. The van der Waals surface area contributed by atoms with Gasteiger partial charge in [0.15, 0.2) is 0 Å². The molecule has 28 heavy (non-hydrogen) atoms. The normalized spacial score (nSPS) is 24.9. The van der Waals surface area contributed by atoms with E-state index in [2.05, 4.69) is 22.9 Å². The first-order valence-corrected chi connectivity index (χ1v) is 10.6. The number of carbonyl (C=O) groups excluding carboxylic acids is 1. The lowest BCUT2D eigenvalue weighted by atomic mass is 9.68. The number of nitrogens with zero attached hydrogens (tertiary/aromatic N) is 1. The Morgan fingerprint density at radius 2 is 1.75 bits per heavy atom. The highest BCUT2D eigenvalue weighted by Gasteiger charge is 2.51. The van der Waals surface area contributed by atoms with Gasteiger partial charge in [0.25, 0.3) is 0 Å². The lowest BCUT2D eigenvalue weighted by Gasteiger charge is -2.45. The molecule has 1 amide bonds. The summed E-state index contributed by atoms with van der Waals surface area (Å²) in [6.45, 7) is 2.68. The van der Waals surface area contributed by atoms with Crippen LogP contribution in [-0.2, 0) is 10.2 Å². The Bertz CT molecular complexity index is 863. The molecule has 4 rings (SSSR count). The molecule has 2 aliphatic rings. The van der Waals surface area contributed by atoms with Gasteiger partial charge in [-0.15, -0.1) is 0 Å². The minimum absolute atomic E-state index is 0.00386. The standard InChI is InChI=1S/C23H25BrFNO2/c1-16(17-2-6-19(24)7-3-17)26-13-12-22(14-21(26)27,15-23(28)10-11-23)18-4-8-20(25)9-5-18/h2-9,16,28H,10-15H2,1H3/t16-,22-/m0/s1. The monoisotopic (exact) mass is 445 g/mol. The maximum absolute atomic E-state index is 13.5. The van der Waals surface area contributed by atoms with Gasteiger partial charge in [0, 0.05) is 22.9 Å². The van der Waals surface area contributed by atoms with E-state index in [1.165, 1.54) is 12.1 Å². The van der Waals surface area contributed by atoms with E-state index < -0.39 is 11.0 Å². The summed E-state index contributed by atoms with van der Waals surface area (Å²) in [6, 6.07) is 14.5. The Balaban J connectivity index is 1.58. The second-order valence-electron chi connectivity index (χ2n) is 8.43. The molecule has 2 atom stereocenters. The summed E-state index contributed by atoms with van der Waals surface area (Å²) in [5, 5.41) is 10.6. The van der Waals surface area contributed by atoms with Crippen molar-refractivity contribution in [2.24, 2.45) is 0 Å². The lowest BCUT2D eigenvalue weighted by molar-refractivity contribution is -0.139. The van der Waals surface area contributed by atoms with E-state index in [4.69, 9.17) is 0 Å². The fourth-order valence-electron chi connectivity index (χ4n) is 4.52. The molecule has 0 unspecified atom stereocenters. The highest BCUT2D eigenvalue weighted by atomic mass is 79.9. The van der Waals surface area contributed by atoms with Gasteiger partial charge in [-0.05, 0) is 68.0 Å². The zero-order chi connectivity index (χ0) is 19.9. The predicted molar refractivity (Wildman–Crippen MR) is 110 cm³/mol. The van der Waals surface area contributed by atoms with Gasteiger partial charge in [0.05, 0.1) is 11.6 Å². The first-order chi connectivity index (χ1) is 13.3. The molecule has 1 N–H and O–H groups in total. The summed E-state index contributed by atoms with van der Waals surface area (Å²) < 4.78 is 14.5. The van der Waals surface area contributed by atoms with Crippen LogP contribution in [0, 0.1) is 5.82 Å². The molecule has 5 heteroatoms. The SMILES string of the molecule is C[C@@H](c1ccc(Br)cc1)N1CC[C@](CC2(O)CC2)(c2ccc(F)cc2)CC1=O. The van der Waals surface area contributed by atoms with Crippen LogP contribution in [0.3, 0.4) is 0 Å². The van der Waals surface area contributed by atoms with Crippen molar-refractivity contribution in [1.29, 1.82) is 0 Å². The molecular formula is C23H25BrFNO2. The number of aliphatic hydroxyl groups is 1. The fraction of sp³-hybridized carbons (Fsp3) is 0.435. The highest BCUT2D eigenvalue weighted by molar-refractivity contribution is 9.10. The Labute approximate surface area is 173 Å². The van der Waals surface area contributed by atoms with Crippen LogP contribution in [0.25, 0.3) is 0 Å². The molecule has 2 aromatic rings. The van der Waals surface area contributed by atoms with E-state index in [9.17, 15) is 14.3 Å². The maximum Gasteiger partial charge on any atom is 0.223 e. The number of rotatable bonds is 5. The summed E-state index contributed by atoms with van der Waals surface area (Å²) >= 11 is 3.45. The molecular weight excluding hydrogens is 421 g/mol. The maximum atomic E-state index is 13.5. The summed E-state index contributed by atoms with van der Waals surface area (Å²) in [6.07, 6.45) is 3.25. The second-order valence-corrected chi connectivity index (χ2v) is 9.35. The predicted octanol–water partition coefficient (Wildman–Crippen LogP) is 5.12. The molecule has 0 aromatic heterocycles. The van der Waals surface area contributed by atoms with E-state index in [0.29, 0.717) is 19.4 Å². The second kappa shape index (κ2) is 7.27. The van der Waals surface area contributed by atoms with Gasteiger partial charge in [0.2, 0.25) is 5.91 Å². The third-order valence-corrected chi connectivity index (χ3v) is 6.94. The van der Waals surface area contributed by atoms with Crippen molar-refractivity contribution in [3.63, 3.8) is 0 Å². The summed E-state index contributed by atoms with van der Waals surface area (Å²) in [5.41, 5.74) is 0.963. The number of hydrogen-bond donors (Lipinski definition) is 1. The molecule has 1 saturated carbocycles. The molecule has 0 spiro atoms. The zero-order valence-corrected chi connectivity index (χ0v) is 17.6. The minimum atomic E-state index is -0.672. The van der Waals surface area contributed by atoms with Crippen molar-refractivity contribution in [2.45, 2.75) is 56.1 Å². The van der Waals surface area contributed by atoms with Crippen molar-refractivity contribution >= 4 is 21.8 Å². The van der Waals surface area contributed by atoms with Gasteiger partial charge in [-0.1, -0.05) is 40.2 Å². The molecule has 1 aliphatic heterocycles. The van der Waals surface area contributed by atoms with E-state index in [1.807, 2.05) is 29.2 Å². The Morgan fingerprint density at radius 1 is 1.11 bits per heavy atom. The summed E-state index contributed by atoms with van der Waals surface area (Å²) in [7, 11) is 0. The average Bonchev–Trinajstić information content (AvgIpc) is 3.39. The largest absolute Gasteiger partial charge is 0.390 e. The number of hydrogen-bond acceptors (Lipinski definition) is 2. The van der Waals surface area contributed by atoms with Crippen molar-refractivity contribution < 1.29 is 14.3 Å². The molecule has 1 aliphatic carbocycles. The minimum Gasteiger partial charge on any atom is -0.390 e. The first-order valence-electron chi connectivity index (χ1n) is 9.84. The van der Waals surface area contributed by atoms with E-state index in [0.717, 1.165) is 34.9 Å². The van der Waals surface area contributed by atoms with Gasteiger partial charge < -0.3 is 10.0 Å². The van der Waals surface area contributed by atoms with E-state index in [-0.39, 0.29) is 17.8 Å². The molecule has 0 bridgehead atoms. The van der Waals surface area contributed by atoms with Crippen LogP contribution in [0.2, 0.25) is 0 Å². The number of halogens is 2. The van der Waals surface area contributed by atoms with Crippen molar-refractivity contribution in [3.8, 4) is 0 Å². The fourth-order valence-corrected chi connectivity index (χ4v) is 4.79. The van der Waals surface area contributed by atoms with Crippen LogP contribution in [0.1, 0.15) is 56.2 Å². The summed E-state index contributed by atoms with van der Waals surface area (Å²) in [4.78, 5) is 15.1. The van der Waals surface area contributed by atoms with E-state index in [1.54, 1.807) is 12.1 Å². The quantitative estimate of drug-likeness (QED) is 0.693. The van der Waals surface area contributed by atoms with Gasteiger partial charge >= 0.3 is 0 Å². The van der Waals surface area contributed by atoms with Crippen LogP contribution in [0.4, 0.5) is 4.39 Å². The van der Waals surface area contributed by atoms with Crippen LogP contribution in [0.5, 0.6) is 0 Å². The van der Waals surface area contributed by atoms with Gasteiger partial charge in [-0.25, -0.2) is 4.39 Å². The van der Waals surface area contributed by atoms with Crippen molar-refractivity contribution in [3.05, 3.63) is 69.9 Å². The Kier molecular flexibility index (Phi) is 5.09. The zero-order valence-electron chi connectivity index (χ0n) is 16.0. The van der Waals surface area contributed by atoms with Crippen LogP contribution >= 0.6 is 15.9 Å². The molecule has 1 heterocycles. The highest BCUT2D eigenvalue weighted by Crippen LogP contribution is 2.50. The molecule has 3 nitrogen and oxygen atoms in total. The molecule has 0 radical (unpaired) electrons. The van der Waals surface area contributed by atoms with Crippen LogP contribution in [-0.4, -0.2) is 28.1 Å². The van der Waals surface area contributed by atoms with Crippen LogP contribution in [0.15, 0.2) is 53.0 Å². The van der Waals surface area contributed by atoms with Gasteiger partial charge in [0.1, 0.15) is 5.82 Å². The average molecular weight is 446 g/mol. The van der Waals surface area contributed by atoms with Crippen LogP contribution < -0.4 is 0 Å². The molecule has 2 fully saturated rings. The topological polar surface area (TPSA) is 40.5 Å². The number of likely N-dealkylation sites (tertiary alicyclic amines) is 1. The summed E-state index contributed by atoms with van der Waals surface area (Å²) in [5.74, 6) is -0.188. The lowest BCUT2D eigenvalue weighted by Crippen LogP contribution is -2.48. The van der Waals surface area contributed by atoms with Crippen molar-refractivity contribution in [2.75, 3.05) is 6.54 Å². The first kappa shape index (κ1) is 19.6. The third kappa shape index (κ3) is 3.87. The third-order valence-electron chi connectivity index (χ3n) is 6.41. The number of carbonyl (C=O) groups is 1. The molecule has 1 saturated heterocycles.